The van der Waals surface area contributed by atoms with E-state index in [0.29, 0.717) is 12.5 Å². The Kier molecular flexibility index (Phi) is 6.85. The van der Waals surface area contributed by atoms with Crippen LogP contribution in [-0.2, 0) is 4.74 Å². The van der Waals surface area contributed by atoms with Crippen LogP contribution in [0.25, 0.3) is 0 Å². The molecule has 0 aliphatic rings. The molecule has 0 bridgehead atoms. The van der Waals surface area contributed by atoms with Crippen LogP contribution in [-0.4, -0.2) is 26.3 Å². The third-order valence-corrected chi connectivity index (χ3v) is 1.88. The standard InChI is InChI=1S/C12H25NO/c1-6-7-14-10-12(4,5)9-13-8-11(2)3/h6,11,13H,1,7-10H2,2-5H3. The summed E-state index contributed by atoms with van der Waals surface area (Å²) in [6.07, 6.45) is 1.79. The maximum atomic E-state index is 5.45. The van der Waals surface area contributed by atoms with Gasteiger partial charge in [0.2, 0.25) is 0 Å². The summed E-state index contributed by atoms with van der Waals surface area (Å²) in [4.78, 5) is 0. The topological polar surface area (TPSA) is 21.3 Å². The maximum Gasteiger partial charge on any atom is 0.0645 e. The second-order valence-corrected chi connectivity index (χ2v) is 4.99. The van der Waals surface area contributed by atoms with Crippen molar-refractivity contribution in [2.24, 2.45) is 11.3 Å². The normalized spacial score (nSPS) is 12.1. The van der Waals surface area contributed by atoms with Crippen molar-refractivity contribution in [3.8, 4) is 0 Å². The van der Waals surface area contributed by atoms with E-state index < -0.39 is 0 Å². The molecule has 0 fully saturated rings. The summed E-state index contributed by atoms with van der Waals surface area (Å²) in [7, 11) is 0. The van der Waals surface area contributed by atoms with Crippen LogP contribution in [0.1, 0.15) is 27.7 Å². The Morgan fingerprint density at radius 1 is 1.43 bits per heavy atom. The smallest absolute Gasteiger partial charge is 0.0645 e. The lowest BCUT2D eigenvalue weighted by atomic mass is 9.94. The first-order valence-corrected chi connectivity index (χ1v) is 5.37. The Morgan fingerprint density at radius 3 is 2.57 bits per heavy atom. The Labute approximate surface area is 88.7 Å². The molecule has 0 saturated carbocycles. The van der Waals surface area contributed by atoms with Gasteiger partial charge in [-0.1, -0.05) is 33.8 Å². The molecule has 14 heavy (non-hydrogen) atoms. The fourth-order valence-corrected chi connectivity index (χ4v) is 1.17. The van der Waals surface area contributed by atoms with Crippen LogP contribution >= 0.6 is 0 Å². The number of rotatable bonds is 8. The second-order valence-electron chi connectivity index (χ2n) is 4.99. The Morgan fingerprint density at radius 2 is 2.07 bits per heavy atom. The third-order valence-electron chi connectivity index (χ3n) is 1.88. The SMILES string of the molecule is C=CCOCC(C)(C)CNCC(C)C. The van der Waals surface area contributed by atoms with Gasteiger partial charge in [-0.25, -0.2) is 0 Å². The van der Waals surface area contributed by atoms with Crippen LogP contribution < -0.4 is 5.32 Å². The fourth-order valence-electron chi connectivity index (χ4n) is 1.17. The molecule has 0 heterocycles. The number of ether oxygens (including phenoxy) is 1. The molecule has 0 aromatic carbocycles. The van der Waals surface area contributed by atoms with E-state index in [1.54, 1.807) is 6.08 Å². The lowest BCUT2D eigenvalue weighted by Gasteiger charge is -2.25. The highest BCUT2D eigenvalue weighted by Crippen LogP contribution is 2.13. The van der Waals surface area contributed by atoms with Gasteiger partial charge >= 0.3 is 0 Å². The van der Waals surface area contributed by atoms with E-state index in [9.17, 15) is 0 Å². The molecule has 0 amide bonds. The molecule has 84 valence electrons. The zero-order valence-electron chi connectivity index (χ0n) is 10.1. The minimum atomic E-state index is 0.206. The van der Waals surface area contributed by atoms with E-state index in [1.165, 1.54) is 0 Å². The van der Waals surface area contributed by atoms with Gasteiger partial charge in [0.05, 0.1) is 13.2 Å². The predicted molar refractivity (Wildman–Crippen MR) is 62.5 cm³/mol. The molecule has 0 aromatic heterocycles. The van der Waals surface area contributed by atoms with E-state index in [4.69, 9.17) is 4.74 Å². The summed E-state index contributed by atoms with van der Waals surface area (Å²) < 4.78 is 5.45. The van der Waals surface area contributed by atoms with Gasteiger partial charge in [-0.3, -0.25) is 0 Å². The zero-order chi connectivity index (χ0) is 11.0. The van der Waals surface area contributed by atoms with Crippen molar-refractivity contribution in [1.29, 1.82) is 0 Å². The molecule has 0 aliphatic heterocycles. The van der Waals surface area contributed by atoms with Gasteiger partial charge in [0, 0.05) is 12.0 Å². The minimum absolute atomic E-state index is 0.206. The van der Waals surface area contributed by atoms with Crippen molar-refractivity contribution in [3.63, 3.8) is 0 Å². The summed E-state index contributed by atoms with van der Waals surface area (Å²) >= 11 is 0. The first-order valence-electron chi connectivity index (χ1n) is 5.37. The van der Waals surface area contributed by atoms with Gasteiger partial charge in [-0.05, 0) is 12.5 Å². The zero-order valence-corrected chi connectivity index (χ0v) is 10.1. The molecule has 0 saturated heterocycles. The van der Waals surface area contributed by atoms with E-state index in [0.717, 1.165) is 19.7 Å². The van der Waals surface area contributed by atoms with Crippen molar-refractivity contribution in [2.45, 2.75) is 27.7 Å². The highest BCUT2D eigenvalue weighted by Gasteiger charge is 2.17. The molecule has 1 N–H and O–H groups in total. The van der Waals surface area contributed by atoms with Crippen LogP contribution in [0.5, 0.6) is 0 Å². The molecule has 0 radical (unpaired) electrons. The molecule has 0 rings (SSSR count). The highest BCUT2D eigenvalue weighted by atomic mass is 16.5. The minimum Gasteiger partial charge on any atom is -0.377 e. The molecular weight excluding hydrogens is 174 g/mol. The van der Waals surface area contributed by atoms with E-state index in [1.807, 2.05) is 0 Å². The summed E-state index contributed by atoms with van der Waals surface area (Å²) in [5, 5.41) is 3.45. The molecule has 0 atom stereocenters. The van der Waals surface area contributed by atoms with Gasteiger partial charge in [-0.2, -0.15) is 0 Å². The van der Waals surface area contributed by atoms with Crippen molar-refractivity contribution >= 4 is 0 Å². The summed E-state index contributed by atoms with van der Waals surface area (Å²) in [6, 6.07) is 0. The van der Waals surface area contributed by atoms with Crippen molar-refractivity contribution < 1.29 is 4.74 Å². The van der Waals surface area contributed by atoms with Crippen LogP contribution in [0.4, 0.5) is 0 Å². The Hall–Kier alpha value is -0.340. The predicted octanol–water partition coefficient (Wildman–Crippen LogP) is 2.46. The second kappa shape index (κ2) is 7.02. The molecule has 0 aliphatic carbocycles. The monoisotopic (exact) mass is 199 g/mol. The largest absolute Gasteiger partial charge is 0.377 e. The van der Waals surface area contributed by atoms with Gasteiger partial charge in [0.25, 0.3) is 0 Å². The average molecular weight is 199 g/mol. The molecule has 0 spiro atoms. The molecular formula is C12H25NO. The van der Waals surface area contributed by atoms with Crippen LogP contribution in [0.2, 0.25) is 0 Å². The summed E-state index contributed by atoms with van der Waals surface area (Å²) in [6.45, 7) is 16.0. The summed E-state index contributed by atoms with van der Waals surface area (Å²) in [5.41, 5.74) is 0.206. The molecule has 2 nitrogen and oxygen atoms in total. The van der Waals surface area contributed by atoms with Crippen molar-refractivity contribution in [1.82, 2.24) is 5.32 Å². The van der Waals surface area contributed by atoms with Crippen LogP contribution in [0.3, 0.4) is 0 Å². The number of hydrogen-bond donors (Lipinski definition) is 1. The van der Waals surface area contributed by atoms with Crippen LogP contribution in [0, 0.1) is 11.3 Å². The van der Waals surface area contributed by atoms with Gasteiger partial charge in [0.1, 0.15) is 0 Å². The van der Waals surface area contributed by atoms with Crippen LogP contribution in [0.15, 0.2) is 12.7 Å². The first-order chi connectivity index (χ1) is 6.48. The van der Waals surface area contributed by atoms with E-state index in [2.05, 4.69) is 39.6 Å². The lowest BCUT2D eigenvalue weighted by molar-refractivity contribution is 0.0800. The molecule has 2 heteroatoms. The Balaban J connectivity index is 3.55. The van der Waals surface area contributed by atoms with E-state index >= 15 is 0 Å². The quantitative estimate of drug-likeness (QED) is 0.479. The maximum absolute atomic E-state index is 5.45. The molecule has 0 aromatic rings. The lowest BCUT2D eigenvalue weighted by Crippen LogP contribution is -2.35. The van der Waals surface area contributed by atoms with Gasteiger partial charge in [-0.15, -0.1) is 6.58 Å². The van der Waals surface area contributed by atoms with Gasteiger partial charge < -0.3 is 10.1 Å². The van der Waals surface area contributed by atoms with Crippen molar-refractivity contribution in [3.05, 3.63) is 12.7 Å². The molecule has 0 unspecified atom stereocenters. The first kappa shape index (κ1) is 13.7. The summed E-state index contributed by atoms with van der Waals surface area (Å²) in [5.74, 6) is 0.708. The fraction of sp³-hybridized carbons (Fsp3) is 0.833. The van der Waals surface area contributed by atoms with E-state index in [-0.39, 0.29) is 5.41 Å². The van der Waals surface area contributed by atoms with Crippen molar-refractivity contribution in [2.75, 3.05) is 26.3 Å². The Bertz CT molecular complexity index is 152. The third kappa shape index (κ3) is 8.27. The number of nitrogens with one attached hydrogen (secondary N) is 1. The number of hydrogen-bond acceptors (Lipinski definition) is 2. The van der Waals surface area contributed by atoms with Gasteiger partial charge in [0.15, 0.2) is 0 Å². The highest BCUT2D eigenvalue weighted by molar-refractivity contribution is 4.73. The average Bonchev–Trinajstić information content (AvgIpc) is 2.03.